The van der Waals surface area contributed by atoms with Crippen molar-refractivity contribution in [2.24, 2.45) is 17.8 Å². The minimum absolute atomic E-state index is 0.00271. The van der Waals surface area contributed by atoms with E-state index < -0.39 is 28.7 Å². The van der Waals surface area contributed by atoms with E-state index >= 15 is 0 Å². The Morgan fingerprint density at radius 1 is 1.00 bits per heavy atom. The summed E-state index contributed by atoms with van der Waals surface area (Å²) in [6, 6.07) is 18.2. The molecule has 1 spiro atoms. The summed E-state index contributed by atoms with van der Waals surface area (Å²) < 4.78 is -0.667. The highest BCUT2D eigenvalue weighted by Crippen LogP contribution is 2.66. The highest BCUT2D eigenvalue weighted by molar-refractivity contribution is 8.02. The van der Waals surface area contributed by atoms with Gasteiger partial charge in [0.1, 0.15) is 6.04 Å². The summed E-state index contributed by atoms with van der Waals surface area (Å²) in [7, 11) is 0. The first-order valence-corrected chi connectivity index (χ1v) is 14.0. The fourth-order valence-corrected chi connectivity index (χ4v) is 8.66. The molecule has 7 nitrogen and oxygen atoms in total. The van der Waals surface area contributed by atoms with Gasteiger partial charge >= 0.3 is 0 Å². The lowest BCUT2D eigenvalue weighted by molar-refractivity contribution is -0.143. The molecular weight excluding hydrogens is 486 g/mol. The predicted molar refractivity (Wildman–Crippen MR) is 143 cm³/mol. The Balaban J connectivity index is 1.43. The average molecular weight is 522 g/mol. The van der Waals surface area contributed by atoms with Crippen molar-refractivity contribution in [3.05, 3.63) is 71.8 Å². The molecule has 2 bridgehead atoms. The smallest absolute Gasteiger partial charge is 0.244 e. The quantitative estimate of drug-likeness (QED) is 0.471. The largest absolute Gasteiger partial charge is 0.394 e. The molecule has 2 aromatic carbocycles. The number of hydrogen-bond donors (Lipinski definition) is 3. The molecule has 0 saturated carbocycles. The van der Waals surface area contributed by atoms with Gasteiger partial charge in [-0.25, -0.2) is 0 Å². The van der Waals surface area contributed by atoms with Crippen LogP contribution in [0.5, 0.6) is 0 Å². The molecule has 8 heteroatoms. The standard InChI is InChI=1S/C29H35N3O4S/c1-18(2)21(17-33)32-25(27(35)31-16-20-11-7-4-8-12-20)29-14-13-22(37-29)23(24(29)28(32)36)26(34)30-15-19-9-5-3-6-10-19/h3-12,18,21-25,33H,13-17H2,1-2H3,(H,30,34)(H,31,35)/t21-,22+,23-,24-,25?,29?/m0/s1. The number of hydrogen-bond acceptors (Lipinski definition) is 5. The summed E-state index contributed by atoms with van der Waals surface area (Å²) in [6.07, 6.45) is 1.50. The third-order valence-corrected chi connectivity index (χ3v) is 10.2. The van der Waals surface area contributed by atoms with E-state index in [2.05, 4.69) is 10.6 Å². The maximum Gasteiger partial charge on any atom is 0.244 e. The second-order valence-corrected chi connectivity index (χ2v) is 12.3. The summed E-state index contributed by atoms with van der Waals surface area (Å²) >= 11 is 1.65. The van der Waals surface area contributed by atoms with Gasteiger partial charge in [0.2, 0.25) is 17.7 Å². The molecule has 3 fully saturated rings. The van der Waals surface area contributed by atoms with E-state index in [1.54, 1.807) is 16.7 Å². The van der Waals surface area contributed by atoms with Gasteiger partial charge in [-0.15, -0.1) is 11.8 Å². The van der Waals surface area contributed by atoms with Gasteiger partial charge in [-0.2, -0.15) is 0 Å². The number of nitrogens with one attached hydrogen (secondary N) is 2. The number of likely N-dealkylation sites (tertiary alicyclic amines) is 1. The Morgan fingerprint density at radius 3 is 2.11 bits per heavy atom. The minimum Gasteiger partial charge on any atom is -0.394 e. The van der Waals surface area contributed by atoms with Gasteiger partial charge in [-0.05, 0) is 29.9 Å². The van der Waals surface area contributed by atoms with E-state index in [0.29, 0.717) is 19.5 Å². The molecule has 0 radical (unpaired) electrons. The molecule has 3 amide bonds. The fourth-order valence-electron chi connectivity index (χ4n) is 6.45. The number of rotatable bonds is 9. The van der Waals surface area contributed by atoms with Gasteiger partial charge in [0.15, 0.2) is 0 Å². The van der Waals surface area contributed by atoms with Crippen LogP contribution in [0.25, 0.3) is 0 Å². The molecule has 3 heterocycles. The average Bonchev–Trinajstić information content (AvgIpc) is 3.55. The van der Waals surface area contributed by atoms with Crippen LogP contribution in [0, 0.1) is 17.8 Å². The molecule has 37 heavy (non-hydrogen) atoms. The third-order valence-electron chi connectivity index (χ3n) is 8.22. The van der Waals surface area contributed by atoms with Gasteiger partial charge in [0.05, 0.1) is 29.2 Å². The Hall–Kier alpha value is -2.84. The van der Waals surface area contributed by atoms with Crippen LogP contribution in [-0.2, 0) is 27.5 Å². The monoisotopic (exact) mass is 521 g/mol. The van der Waals surface area contributed by atoms with Crippen LogP contribution in [0.4, 0.5) is 0 Å². The Labute approximate surface area is 222 Å². The molecule has 196 valence electrons. The first-order chi connectivity index (χ1) is 17.9. The minimum atomic E-state index is -0.727. The second kappa shape index (κ2) is 10.5. The van der Waals surface area contributed by atoms with Crippen LogP contribution in [0.15, 0.2) is 60.7 Å². The van der Waals surface area contributed by atoms with Gasteiger partial charge in [0, 0.05) is 18.3 Å². The number of fused-ring (bicyclic) bond motifs is 1. The van der Waals surface area contributed by atoms with Gasteiger partial charge in [0.25, 0.3) is 0 Å². The van der Waals surface area contributed by atoms with Crippen molar-refractivity contribution in [3.8, 4) is 0 Å². The van der Waals surface area contributed by atoms with Crippen LogP contribution in [-0.4, -0.2) is 56.4 Å². The predicted octanol–water partition coefficient (Wildman–Crippen LogP) is 2.73. The summed E-state index contributed by atoms with van der Waals surface area (Å²) in [6.45, 7) is 4.44. The van der Waals surface area contributed by atoms with Crippen molar-refractivity contribution in [2.75, 3.05) is 6.61 Å². The van der Waals surface area contributed by atoms with Crippen molar-refractivity contribution in [2.45, 2.75) is 61.9 Å². The number of benzene rings is 2. The maximum absolute atomic E-state index is 14.1. The molecule has 3 aliphatic rings. The number of nitrogens with zero attached hydrogens (tertiary/aromatic N) is 1. The molecule has 2 aromatic rings. The van der Waals surface area contributed by atoms with Crippen molar-refractivity contribution < 1.29 is 19.5 Å². The lowest BCUT2D eigenvalue weighted by Crippen LogP contribution is -2.57. The van der Waals surface area contributed by atoms with Crippen LogP contribution >= 0.6 is 11.8 Å². The van der Waals surface area contributed by atoms with E-state index in [0.717, 1.165) is 17.5 Å². The Kier molecular flexibility index (Phi) is 7.32. The molecule has 3 N–H and O–H groups in total. The Morgan fingerprint density at radius 2 is 1.57 bits per heavy atom. The number of aliphatic hydroxyl groups is 1. The van der Waals surface area contributed by atoms with Crippen LogP contribution in [0.3, 0.4) is 0 Å². The molecule has 0 aliphatic carbocycles. The summed E-state index contributed by atoms with van der Waals surface area (Å²) in [5.41, 5.74) is 1.98. The molecule has 3 aliphatic heterocycles. The van der Waals surface area contributed by atoms with E-state index in [4.69, 9.17) is 0 Å². The topological polar surface area (TPSA) is 98.7 Å². The molecule has 6 atom stereocenters. The van der Waals surface area contributed by atoms with E-state index in [1.165, 1.54) is 0 Å². The maximum atomic E-state index is 14.1. The normalized spacial score (nSPS) is 28.9. The molecule has 2 unspecified atom stereocenters. The second-order valence-electron chi connectivity index (χ2n) is 10.7. The number of carbonyl (C=O) groups excluding carboxylic acids is 3. The van der Waals surface area contributed by atoms with E-state index in [1.807, 2.05) is 74.5 Å². The first kappa shape index (κ1) is 25.8. The first-order valence-electron chi connectivity index (χ1n) is 13.1. The molecule has 5 rings (SSSR count). The zero-order valence-electron chi connectivity index (χ0n) is 21.3. The lowest BCUT2D eigenvalue weighted by atomic mass is 9.70. The molecular formula is C29H35N3O4S. The van der Waals surface area contributed by atoms with Gasteiger partial charge < -0.3 is 20.6 Å². The summed E-state index contributed by atoms with van der Waals surface area (Å²) in [4.78, 5) is 43.1. The van der Waals surface area contributed by atoms with Crippen molar-refractivity contribution in [3.63, 3.8) is 0 Å². The SMILES string of the molecule is CC(C)[C@H](CO)N1C(=O)[C@@H]2[C@@H](C(=O)NCc3ccccc3)[C@H]3CCC2(S3)C1C(=O)NCc1ccccc1. The number of thioether (sulfide) groups is 1. The number of aliphatic hydroxyl groups excluding tert-OH is 1. The lowest BCUT2D eigenvalue weighted by Gasteiger charge is -2.38. The zero-order chi connectivity index (χ0) is 26.2. The summed E-state index contributed by atoms with van der Waals surface area (Å²) in [5.74, 6) is -1.62. The third kappa shape index (κ3) is 4.55. The highest BCUT2D eigenvalue weighted by Gasteiger charge is 2.74. The fraction of sp³-hybridized carbons (Fsp3) is 0.483. The number of amides is 3. The van der Waals surface area contributed by atoms with Crippen LogP contribution in [0.2, 0.25) is 0 Å². The van der Waals surface area contributed by atoms with Crippen molar-refractivity contribution in [1.82, 2.24) is 15.5 Å². The van der Waals surface area contributed by atoms with Crippen molar-refractivity contribution in [1.29, 1.82) is 0 Å². The van der Waals surface area contributed by atoms with Crippen molar-refractivity contribution >= 4 is 29.5 Å². The van der Waals surface area contributed by atoms with Gasteiger partial charge in [-0.3, -0.25) is 14.4 Å². The van der Waals surface area contributed by atoms with Crippen LogP contribution < -0.4 is 10.6 Å². The van der Waals surface area contributed by atoms with Gasteiger partial charge in [-0.1, -0.05) is 74.5 Å². The summed E-state index contributed by atoms with van der Waals surface area (Å²) in [5, 5.41) is 16.4. The van der Waals surface area contributed by atoms with Crippen LogP contribution in [0.1, 0.15) is 37.8 Å². The number of carbonyl (C=O) groups is 3. The zero-order valence-corrected chi connectivity index (χ0v) is 22.1. The highest BCUT2D eigenvalue weighted by atomic mass is 32.2. The van der Waals surface area contributed by atoms with E-state index in [-0.39, 0.29) is 35.5 Å². The molecule has 3 saturated heterocycles. The van der Waals surface area contributed by atoms with E-state index in [9.17, 15) is 19.5 Å². The molecule has 0 aromatic heterocycles. The Bertz CT molecular complexity index is 1140.